The molecule has 0 N–H and O–H groups in total. The van der Waals surface area contributed by atoms with Gasteiger partial charge in [0.25, 0.3) is 0 Å². The summed E-state index contributed by atoms with van der Waals surface area (Å²) in [6.07, 6.45) is 3.15. The van der Waals surface area contributed by atoms with Crippen LogP contribution in [-0.4, -0.2) is 11.8 Å². The summed E-state index contributed by atoms with van der Waals surface area (Å²) in [7, 11) is 0. The molecule has 4 heteroatoms. The molecule has 0 radical (unpaired) electrons. The average molecular weight is 363 g/mol. The molecule has 0 amide bonds. The smallest absolute Gasteiger partial charge is 0.343 e. The number of hydrogen-bond acceptors (Lipinski definition) is 3. The maximum atomic E-state index is 12.2. The van der Waals surface area contributed by atoms with Gasteiger partial charge in [0.15, 0.2) is 5.78 Å². The Morgan fingerprint density at radius 2 is 1.54 bits per heavy atom. The lowest BCUT2D eigenvalue weighted by atomic mass is 10.1. The van der Waals surface area contributed by atoms with E-state index in [9.17, 15) is 9.59 Å². The van der Waals surface area contributed by atoms with E-state index < -0.39 is 5.97 Å². The normalized spacial score (nSPS) is 10.7. The van der Waals surface area contributed by atoms with E-state index >= 15 is 0 Å². The minimum Gasteiger partial charge on any atom is -0.423 e. The third-order valence-electron chi connectivity index (χ3n) is 3.63. The van der Waals surface area contributed by atoms with Crippen molar-refractivity contribution in [3.05, 3.63) is 107 Å². The number of benzene rings is 3. The zero-order valence-corrected chi connectivity index (χ0v) is 14.5. The molecular weight excluding hydrogens is 348 g/mol. The summed E-state index contributed by atoms with van der Waals surface area (Å²) in [5, 5.41) is 0.582. The topological polar surface area (TPSA) is 43.4 Å². The molecule has 3 nitrogen and oxygen atoms in total. The van der Waals surface area contributed by atoms with E-state index in [1.807, 2.05) is 12.1 Å². The summed E-state index contributed by atoms with van der Waals surface area (Å²) in [6.45, 7) is 0. The Morgan fingerprint density at radius 1 is 0.808 bits per heavy atom. The highest BCUT2D eigenvalue weighted by molar-refractivity contribution is 6.30. The molecule has 3 rings (SSSR count). The fourth-order valence-electron chi connectivity index (χ4n) is 2.30. The van der Waals surface area contributed by atoms with Crippen molar-refractivity contribution >= 4 is 29.4 Å². The van der Waals surface area contributed by atoms with Crippen molar-refractivity contribution in [2.45, 2.75) is 0 Å². The van der Waals surface area contributed by atoms with Crippen LogP contribution in [0.3, 0.4) is 0 Å². The van der Waals surface area contributed by atoms with Gasteiger partial charge in [0.05, 0.1) is 5.56 Å². The number of rotatable bonds is 5. The number of hydrogen-bond donors (Lipinski definition) is 0. The molecule has 0 spiro atoms. The largest absolute Gasteiger partial charge is 0.423 e. The van der Waals surface area contributed by atoms with E-state index in [0.29, 0.717) is 21.9 Å². The molecule has 0 aliphatic rings. The van der Waals surface area contributed by atoms with Crippen molar-refractivity contribution in [2.75, 3.05) is 0 Å². The molecule has 0 heterocycles. The molecule has 3 aromatic carbocycles. The van der Waals surface area contributed by atoms with Gasteiger partial charge in [-0.05, 0) is 60.2 Å². The Hall–Kier alpha value is -3.17. The number of carbonyl (C=O) groups excluding carboxylic acids is 2. The minimum absolute atomic E-state index is 0.131. The molecule has 0 aliphatic heterocycles. The Bertz CT molecular complexity index is 945. The number of esters is 1. The Kier molecular flexibility index (Phi) is 5.62. The van der Waals surface area contributed by atoms with E-state index in [1.165, 1.54) is 6.08 Å². The Balaban J connectivity index is 1.70. The number of carbonyl (C=O) groups is 2. The van der Waals surface area contributed by atoms with Crippen molar-refractivity contribution in [3.8, 4) is 5.75 Å². The van der Waals surface area contributed by atoms with Gasteiger partial charge in [0, 0.05) is 10.6 Å². The van der Waals surface area contributed by atoms with Crippen LogP contribution in [0.25, 0.3) is 6.08 Å². The van der Waals surface area contributed by atoms with Gasteiger partial charge in [0.1, 0.15) is 5.75 Å². The van der Waals surface area contributed by atoms with Crippen LogP contribution < -0.4 is 4.74 Å². The Morgan fingerprint density at radius 3 is 2.27 bits per heavy atom. The summed E-state index contributed by atoms with van der Waals surface area (Å²) in [4.78, 5) is 24.3. The van der Waals surface area contributed by atoms with Crippen molar-refractivity contribution in [1.82, 2.24) is 0 Å². The lowest BCUT2D eigenvalue weighted by Crippen LogP contribution is -2.08. The van der Waals surface area contributed by atoms with Crippen LogP contribution in [0.2, 0.25) is 5.02 Å². The van der Waals surface area contributed by atoms with Crippen LogP contribution in [0.15, 0.2) is 84.9 Å². The van der Waals surface area contributed by atoms with E-state index in [1.54, 1.807) is 72.8 Å². The molecule has 0 aliphatic carbocycles. The van der Waals surface area contributed by atoms with Gasteiger partial charge < -0.3 is 4.74 Å². The maximum Gasteiger partial charge on any atom is 0.343 e. The molecule has 3 aromatic rings. The van der Waals surface area contributed by atoms with E-state index in [2.05, 4.69) is 0 Å². The summed E-state index contributed by atoms with van der Waals surface area (Å²) >= 11 is 5.82. The highest BCUT2D eigenvalue weighted by Gasteiger charge is 2.08. The van der Waals surface area contributed by atoms with Crippen LogP contribution in [0.4, 0.5) is 0 Å². The van der Waals surface area contributed by atoms with Gasteiger partial charge in [-0.25, -0.2) is 4.79 Å². The molecule has 26 heavy (non-hydrogen) atoms. The van der Waals surface area contributed by atoms with E-state index in [-0.39, 0.29) is 5.78 Å². The highest BCUT2D eigenvalue weighted by Crippen LogP contribution is 2.17. The molecule has 0 aromatic heterocycles. The van der Waals surface area contributed by atoms with Crippen molar-refractivity contribution in [1.29, 1.82) is 0 Å². The molecule has 0 saturated carbocycles. The predicted molar refractivity (Wildman–Crippen MR) is 103 cm³/mol. The first kappa shape index (κ1) is 17.6. The van der Waals surface area contributed by atoms with E-state index in [0.717, 1.165) is 5.56 Å². The zero-order valence-electron chi connectivity index (χ0n) is 13.8. The third kappa shape index (κ3) is 4.68. The predicted octanol–water partition coefficient (Wildman–Crippen LogP) is 5.46. The Labute approximate surface area is 156 Å². The SMILES string of the molecule is O=C(/C=C/c1cccc(OC(=O)c2ccccc2)c1)c1ccc(Cl)cc1. The lowest BCUT2D eigenvalue weighted by Gasteiger charge is -2.05. The molecule has 0 fully saturated rings. The molecule has 0 bridgehead atoms. The lowest BCUT2D eigenvalue weighted by molar-refractivity contribution is 0.0734. The fraction of sp³-hybridized carbons (Fsp3) is 0. The summed E-state index contributed by atoms with van der Waals surface area (Å²) < 4.78 is 5.37. The number of allylic oxidation sites excluding steroid dienone is 1. The van der Waals surface area contributed by atoms with Gasteiger partial charge in [-0.15, -0.1) is 0 Å². The van der Waals surface area contributed by atoms with E-state index in [4.69, 9.17) is 16.3 Å². The van der Waals surface area contributed by atoms with Crippen LogP contribution in [0.1, 0.15) is 26.3 Å². The van der Waals surface area contributed by atoms with Crippen molar-refractivity contribution in [2.24, 2.45) is 0 Å². The van der Waals surface area contributed by atoms with Crippen LogP contribution >= 0.6 is 11.6 Å². The van der Waals surface area contributed by atoms with Gasteiger partial charge in [0.2, 0.25) is 0 Å². The first-order valence-electron chi connectivity index (χ1n) is 7.97. The standard InChI is InChI=1S/C22H15ClO3/c23-19-12-10-17(11-13-19)21(24)14-9-16-5-4-8-20(15-16)26-22(25)18-6-2-1-3-7-18/h1-15H/b14-9+. The molecule has 0 unspecified atom stereocenters. The second-order valence-corrected chi connectivity index (χ2v) is 5.97. The van der Waals surface area contributed by atoms with Gasteiger partial charge in [-0.3, -0.25) is 4.79 Å². The molecule has 0 saturated heterocycles. The highest BCUT2D eigenvalue weighted by atomic mass is 35.5. The summed E-state index contributed by atoms with van der Waals surface area (Å²) in [5.41, 5.74) is 1.79. The first-order valence-corrected chi connectivity index (χ1v) is 8.35. The average Bonchev–Trinajstić information content (AvgIpc) is 2.67. The number of ketones is 1. The number of halogens is 1. The molecular formula is C22H15ClO3. The van der Waals surface area contributed by atoms with Crippen molar-refractivity contribution < 1.29 is 14.3 Å². The summed E-state index contributed by atoms with van der Waals surface area (Å²) in [5.74, 6) is -0.141. The number of ether oxygens (including phenoxy) is 1. The fourth-order valence-corrected chi connectivity index (χ4v) is 2.43. The monoisotopic (exact) mass is 362 g/mol. The molecule has 128 valence electrons. The minimum atomic E-state index is -0.427. The molecule has 0 atom stereocenters. The third-order valence-corrected chi connectivity index (χ3v) is 3.89. The van der Waals surface area contributed by atoms with Crippen LogP contribution in [-0.2, 0) is 0 Å². The first-order chi connectivity index (χ1) is 12.6. The maximum absolute atomic E-state index is 12.2. The van der Waals surface area contributed by atoms with Crippen LogP contribution in [0.5, 0.6) is 5.75 Å². The van der Waals surface area contributed by atoms with Gasteiger partial charge in [-0.2, -0.15) is 0 Å². The quantitative estimate of drug-likeness (QED) is 0.262. The second kappa shape index (κ2) is 8.28. The summed E-state index contributed by atoms with van der Waals surface area (Å²) in [6, 6.07) is 22.4. The zero-order chi connectivity index (χ0) is 18.4. The van der Waals surface area contributed by atoms with Crippen LogP contribution in [0, 0.1) is 0 Å². The van der Waals surface area contributed by atoms with Gasteiger partial charge >= 0.3 is 5.97 Å². The van der Waals surface area contributed by atoms with Gasteiger partial charge in [-0.1, -0.05) is 48.0 Å². The van der Waals surface area contributed by atoms with Crippen molar-refractivity contribution in [3.63, 3.8) is 0 Å². The second-order valence-electron chi connectivity index (χ2n) is 5.53.